The highest BCUT2D eigenvalue weighted by atomic mass is 16.5. The van der Waals surface area contributed by atoms with Gasteiger partial charge in [0.1, 0.15) is 0 Å². The summed E-state index contributed by atoms with van der Waals surface area (Å²) in [5, 5.41) is 4.51. The molecular formula is C12H16N4O. The lowest BCUT2D eigenvalue weighted by molar-refractivity contribution is 0.0781. The minimum atomic E-state index is 0.328. The molecule has 0 bridgehead atoms. The van der Waals surface area contributed by atoms with Crippen LogP contribution in [0.25, 0.3) is 5.65 Å². The Morgan fingerprint density at radius 2 is 2.47 bits per heavy atom. The van der Waals surface area contributed by atoms with E-state index in [1.807, 2.05) is 22.8 Å². The highest BCUT2D eigenvalue weighted by Crippen LogP contribution is 2.23. The fourth-order valence-corrected chi connectivity index (χ4v) is 2.25. The zero-order valence-corrected chi connectivity index (χ0v) is 9.67. The molecular weight excluding hydrogens is 216 g/mol. The lowest BCUT2D eigenvalue weighted by Gasteiger charge is -2.18. The van der Waals surface area contributed by atoms with E-state index < -0.39 is 0 Å². The lowest BCUT2D eigenvalue weighted by atomic mass is 10.0. The van der Waals surface area contributed by atoms with Crippen molar-refractivity contribution in [1.82, 2.24) is 14.6 Å². The van der Waals surface area contributed by atoms with Gasteiger partial charge in [-0.2, -0.15) is 5.10 Å². The Kier molecular flexibility index (Phi) is 2.78. The average Bonchev–Trinajstić information content (AvgIpc) is 2.83. The summed E-state index contributed by atoms with van der Waals surface area (Å²) in [7, 11) is 0. The first-order valence-corrected chi connectivity index (χ1v) is 6.00. The van der Waals surface area contributed by atoms with Crippen LogP contribution in [0.4, 0.5) is 0 Å². The minimum absolute atomic E-state index is 0.328. The average molecular weight is 232 g/mol. The predicted octanol–water partition coefficient (Wildman–Crippen LogP) is 1.08. The monoisotopic (exact) mass is 232 g/mol. The first kappa shape index (κ1) is 10.7. The molecule has 1 aliphatic rings. The molecule has 3 heterocycles. The number of hydrogen-bond acceptors (Lipinski definition) is 4. The van der Waals surface area contributed by atoms with Gasteiger partial charge < -0.3 is 10.5 Å². The van der Waals surface area contributed by atoms with Gasteiger partial charge in [0.25, 0.3) is 0 Å². The molecule has 90 valence electrons. The molecule has 1 fully saturated rings. The maximum Gasteiger partial charge on any atom is 0.160 e. The smallest absolute Gasteiger partial charge is 0.160 e. The van der Waals surface area contributed by atoms with Crippen LogP contribution in [0.3, 0.4) is 0 Å². The maximum absolute atomic E-state index is 5.70. The van der Waals surface area contributed by atoms with Crippen molar-refractivity contribution in [3.05, 3.63) is 29.7 Å². The molecule has 1 aliphatic heterocycles. The van der Waals surface area contributed by atoms with Gasteiger partial charge in [0, 0.05) is 30.8 Å². The molecule has 0 amide bonds. The molecule has 1 saturated heterocycles. The molecule has 0 aliphatic carbocycles. The van der Waals surface area contributed by atoms with Gasteiger partial charge in [-0.25, -0.2) is 9.50 Å². The molecule has 2 aromatic rings. The van der Waals surface area contributed by atoms with Crippen LogP contribution in [0.15, 0.2) is 18.3 Å². The van der Waals surface area contributed by atoms with E-state index in [0.717, 1.165) is 43.1 Å². The second-order valence-electron chi connectivity index (χ2n) is 4.39. The van der Waals surface area contributed by atoms with Crippen molar-refractivity contribution in [2.75, 3.05) is 13.2 Å². The molecule has 1 atom stereocenters. The topological polar surface area (TPSA) is 65.4 Å². The molecule has 5 heteroatoms. The predicted molar refractivity (Wildman–Crippen MR) is 63.7 cm³/mol. The highest BCUT2D eigenvalue weighted by Gasteiger charge is 2.20. The van der Waals surface area contributed by atoms with Crippen LogP contribution in [0, 0.1) is 0 Å². The van der Waals surface area contributed by atoms with Gasteiger partial charge in [-0.15, -0.1) is 0 Å². The largest absolute Gasteiger partial charge is 0.381 e. The normalized spacial score (nSPS) is 20.9. The van der Waals surface area contributed by atoms with Crippen molar-refractivity contribution < 1.29 is 4.74 Å². The number of aromatic nitrogens is 3. The number of hydrogen-bond donors (Lipinski definition) is 1. The number of rotatable bonds is 2. The Labute approximate surface area is 99.6 Å². The first-order chi connectivity index (χ1) is 8.38. The molecule has 5 nitrogen and oxygen atoms in total. The molecule has 2 N–H and O–H groups in total. The Balaban J connectivity index is 2.00. The fraction of sp³-hybridized carbons (Fsp3) is 0.500. The van der Waals surface area contributed by atoms with Gasteiger partial charge in [-0.3, -0.25) is 0 Å². The van der Waals surface area contributed by atoms with Gasteiger partial charge in [-0.05, 0) is 18.9 Å². The third-order valence-corrected chi connectivity index (χ3v) is 3.20. The minimum Gasteiger partial charge on any atom is -0.381 e. The standard InChI is InChI=1S/C12H16N4O/c13-7-9-3-1-5-16-12(9)14-11(15-16)10-4-2-6-17-8-10/h1,3,5,10H,2,4,6-8,13H2. The highest BCUT2D eigenvalue weighted by molar-refractivity contribution is 5.47. The summed E-state index contributed by atoms with van der Waals surface area (Å²) in [5.41, 5.74) is 7.60. The van der Waals surface area contributed by atoms with E-state index in [1.165, 1.54) is 0 Å². The van der Waals surface area contributed by atoms with Crippen molar-refractivity contribution in [2.45, 2.75) is 25.3 Å². The van der Waals surface area contributed by atoms with E-state index in [-0.39, 0.29) is 0 Å². The van der Waals surface area contributed by atoms with Crippen LogP contribution in [0.5, 0.6) is 0 Å². The van der Waals surface area contributed by atoms with Crippen molar-refractivity contribution in [1.29, 1.82) is 0 Å². The quantitative estimate of drug-likeness (QED) is 0.841. The Bertz CT molecular complexity index is 516. The van der Waals surface area contributed by atoms with Crippen LogP contribution < -0.4 is 5.73 Å². The molecule has 3 rings (SSSR count). The van der Waals surface area contributed by atoms with E-state index in [9.17, 15) is 0 Å². The molecule has 0 radical (unpaired) electrons. The number of pyridine rings is 1. The number of ether oxygens (including phenoxy) is 1. The molecule has 0 aromatic carbocycles. The summed E-state index contributed by atoms with van der Waals surface area (Å²) in [5.74, 6) is 1.21. The van der Waals surface area contributed by atoms with Crippen LogP contribution >= 0.6 is 0 Å². The van der Waals surface area contributed by atoms with Crippen molar-refractivity contribution in [2.24, 2.45) is 5.73 Å². The van der Waals surface area contributed by atoms with Crippen molar-refractivity contribution in [3.8, 4) is 0 Å². The van der Waals surface area contributed by atoms with Crippen molar-refractivity contribution >= 4 is 5.65 Å². The zero-order chi connectivity index (χ0) is 11.7. The van der Waals surface area contributed by atoms with E-state index in [4.69, 9.17) is 10.5 Å². The molecule has 0 spiro atoms. The summed E-state index contributed by atoms with van der Waals surface area (Å²) in [6.07, 6.45) is 4.10. The summed E-state index contributed by atoms with van der Waals surface area (Å²) in [6.45, 7) is 2.08. The summed E-state index contributed by atoms with van der Waals surface area (Å²) >= 11 is 0. The van der Waals surface area contributed by atoms with Crippen LogP contribution in [-0.2, 0) is 11.3 Å². The third-order valence-electron chi connectivity index (χ3n) is 3.20. The van der Waals surface area contributed by atoms with E-state index >= 15 is 0 Å². The van der Waals surface area contributed by atoms with Gasteiger partial charge in [0.2, 0.25) is 0 Å². The zero-order valence-electron chi connectivity index (χ0n) is 9.67. The second-order valence-corrected chi connectivity index (χ2v) is 4.39. The van der Waals surface area contributed by atoms with E-state index in [0.29, 0.717) is 12.5 Å². The molecule has 0 saturated carbocycles. The summed E-state index contributed by atoms with van der Waals surface area (Å²) < 4.78 is 7.29. The molecule has 2 aromatic heterocycles. The van der Waals surface area contributed by atoms with Crippen molar-refractivity contribution in [3.63, 3.8) is 0 Å². The third kappa shape index (κ3) is 1.92. The van der Waals surface area contributed by atoms with Gasteiger partial charge in [-0.1, -0.05) is 6.07 Å². The SMILES string of the molecule is NCc1cccn2nc(C3CCCOC3)nc12. The van der Waals surface area contributed by atoms with Gasteiger partial charge >= 0.3 is 0 Å². The Morgan fingerprint density at radius 3 is 3.24 bits per heavy atom. The Morgan fingerprint density at radius 1 is 1.53 bits per heavy atom. The van der Waals surface area contributed by atoms with E-state index in [1.54, 1.807) is 0 Å². The van der Waals surface area contributed by atoms with E-state index in [2.05, 4.69) is 10.1 Å². The second kappa shape index (κ2) is 4.43. The first-order valence-electron chi connectivity index (χ1n) is 6.00. The van der Waals surface area contributed by atoms with Gasteiger partial charge in [0.05, 0.1) is 6.61 Å². The number of fused-ring (bicyclic) bond motifs is 1. The maximum atomic E-state index is 5.70. The Hall–Kier alpha value is -1.46. The van der Waals surface area contributed by atoms with Gasteiger partial charge in [0.15, 0.2) is 11.5 Å². The van der Waals surface area contributed by atoms with Crippen LogP contribution in [0.1, 0.15) is 30.1 Å². The molecule has 1 unspecified atom stereocenters. The summed E-state index contributed by atoms with van der Waals surface area (Å²) in [6, 6.07) is 3.94. The lowest BCUT2D eigenvalue weighted by Crippen LogP contribution is -2.16. The van der Waals surface area contributed by atoms with Crippen LogP contribution in [0.2, 0.25) is 0 Å². The molecule has 17 heavy (non-hydrogen) atoms. The van der Waals surface area contributed by atoms with Crippen LogP contribution in [-0.4, -0.2) is 27.8 Å². The number of nitrogens with zero attached hydrogens (tertiary/aromatic N) is 3. The summed E-state index contributed by atoms with van der Waals surface area (Å²) in [4.78, 5) is 4.60. The number of nitrogens with two attached hydrogens (primary N) is 1. The fourth-order valence-electron chi connectivity index (χ4n) is 2.25.